The highest BCUT2D eigenvalue weighted by Gasteiger charge is 2.33. The van der Waals surface area contributed by atoms with Crippen molar-refractivity contribution in [3.63, 3.8) is 0 Å². The largest absolute Gasteiger partial charge is 0.497 e. The molecule has 1 N–H and O–H groups in total. The van der Waals surface area contributed by atoms with Crippen LogP contribution in [0, 0.1) is 0 Å². The topological polar surface area (TPSA) is 114 Å². The van der Waals surface area contributed by atoms with E-state index >= 15 is 0 Å². The van der Waals surface area contributed by atoms with E-state index in [1.54, 1.807) is 43.5 Å². The molecule has 11 heteroatoms. The molecule has 2 aromatic rings. The smallest absolute Gasteiger partial charge is 0.244 e. The van der Waals surface area contributed by atoms with Crippen molar-refractivity contribution >= 4 is 27.5 Å². The van der Waals surface area contributed by atoms with Crippen LogP contribution in [-0.2, 0) is 26.2 Å². The molecule has 1 atom stereocenters. The van der Waals surface area contributed by atoms with Gasteiger partial charge in [0.15, 0.2) is 11.5 Å². The summed E-state index contributed by atoms with van der Waals surface area (Å²) in [6.07, 6.45) is 1.37. The van der Waals surface area contributed by atoms with Crippen molar-refractivity contribution in [3.05, 3.63) is 48.0 Å². The Morgan fingerprint density at radius 2 is 1.73 bits per heavy atom. The summed E-state index contributed by atoms with van der Waals surface area (Å²) in [4.78, 5) is 28.4. The van der Waals surface area contributed by atoms with Gasteiger partial charge in [0.05, 0.1) is 19.1 Å². The third-order valence-corrected chi connectivity index (χ3v) is 6.86. The normalized spacial score (nSPS) is 13.6. The number of methoxy groups -OCH3 is 1. The lowest BCUT2D eigenvalue weighted by Crippen LogP contribution is -2.55. The summed E-state index contributed by atoms with van der Waals surface area (Å²) in [6, 6.07) is 11.0. The van der Waals surface area contributed by atoms with Crippen LogP contribution in [0.1, 0.15) is 39.7 Å². The van der Waals surface area contributed by atoms with E-state index in [1.807, 2.05) is 27.7 Å². The molecule has 2 aromatic carbocycles. The Balaban J connectivity index is 1.95. The van der Waals surface area contributed by atoms with Gasteiger partial charge in [0.25, 0.3) is 0 Å². The number of sulfonamides is 1. The van der Waals surface area contributed by atoms with Crippen LogP contribution in [0.25, 0.3) is 0 Å². The maximum atomic E-state index is 13.8. The minimum absolute atomic E-state index is 0.0350. The summed E-state index contributed by atoms with van der Waals surface area (Å²) in [6.45, 7) is 7.04. The van der Waals surface area contributed by atoms with Crippen molar-refractivity contribution in [2.24, 2.45) is 0 Å². The van der Waals surface area contributed by atoms with E-state index in [-0.39, 0.29) is 24.9 Å². The van der Waals surface area contributed by atoms with Gasteiger partial charge in [0.1, 0.15) is 18.3 Å². The van der Waals surface area contributed by atoms with Gasteiger partial charge < -0.3 is 24.4 Å². The number of ether oxygens (including phenoxy) is 3. The molecule has 0 aromatic heterocycles. The molecule has 0 aliphatic carbocycles. The second-order valence-electron chi connectivity index (χ2n) is 9.84. The van der Waals surface area contributed by atoms with E-state index in [1.165, 1.54) is 11.0 Å². The van der Waals surface area contributed by atoms with E-state index in [0.717, 1.165) is 16.1 Å². The molecule has 3 rings (SSSR count). The molecule has 1 aliphatic rings. The monoisotopic (exact) mass is 533 g/mol. The van der Waals surface area contributed by atoms with Crippen LogP contribution in [0.2, 0.25) is 0 Å². The van der Waals surface area contributed by atoms with Crippen molar-refractivity contribution in [2.75, 3.05) is 31.0 Å². The van der Waals surface area contributed by atoms with Crippen molar-refractivity contribution in [1.82, 2.24) is 10.2 Å². The highest BCUT2D eigenvalue weighted by molar-refractivity contribution is 7.92. The van der Waals surface area contributed by atoms with Crippen molar-refractivity contribution in [2.45, 2.75) is 52.2 Å². The van der Waals surface area contributed by atoms with E-state index < -0.39 is 34.1 Å². The van der Waals surface area contributed by atoms with Gasteiger partial charge in [-0.15, -0.1) is 0 Å². The second-order valence-corrected chi connectivity index (χ2v) is 11.7. The lowest BCUT2D eigenvalue weighted by Gasteiger charge is -2.34. The third kappa shape index (κ3) is 7.28. The predicted molar refractivity (Wildman–Crippen MR) is 140 cm³/mol. The molecule has 0 saturated carbocycles. The summed E-state index contributed by atoms with van der Waals surface area (Å²) in [5.41, 5.74) is 0.520. The fourth-order valence-corrected chi connectivity index (χ4v) is 4.80. The quantitative estimate of drug-likeness (QED) is 0.499. The zero-order valence-electron chi connectivity index (χ0n) is 22.1. The Morgan fingerprint density at radius 1 is 1.08 bits per heavy atom. The molecule has 2 amide bonds. The van der Waals surface area contributed by atoms with Crippen LogP contribution in [-0.4, -0.2) is 63.4 Å². The van der Waals surface area contributed by atoms with Crippen LogP contribution in [0.15, 0.2) is 42.5 Å². The molecule has 202 valence electrons. The molecule has 1 aliphatic heterocycles. The Hall–Kier alpha value is -3.47. The van der Waals surface area contributed by atoms with Gasteiger partial charge in [-0.05, 0) is 57.0 Å². The number of carbonyl (C=O) groups excluding carboxylic acids is 2. The summed E-state index contributed by atoms with van der Waals surface area (Å²) in [5.74, 6) is 0.713. The maximum absolute atomic E-state index is 13.8. The fraction of sp³-hybridized carbons (Fsp3) is 0.462. The van der Waals surface area contributed by atoms with E-state index in [4.69, 9.17) is 14.2 Å². The van der Waals surface area contributed by atoms with E-state index in [2.05, 4.69) is 5.32 Å². The van der Waals surface area contributed by atoms with E-state index in [9.17, 15) is 18.0 Å². The van der Waals surface area contributed by atoms with Crippen LogP contribution in [0.3, 0.4) is 0 Å². The second kappa shape index (κ2) is 11.3. The van der Waals surface area contributed by atoms with Crippen LogP contribution in [0.4, 0.5) is 5.69 Å². The molecule has 0 spiro atoms. The number of nitrogens with one attached hydrogen (secondary N) is 1. The lowest BCUT2D eigenvalue weighted by molar-refractivity contribution is -0.141. The zero-order chi connectivity index (χ0) is 27.4. The van der Waals surface area contributed by atoms with Crippen molar-refractivity contribution < 1.29 is 32.2 Å². The number of benzene rings is 2. The van der Waals surface area contributed by atoms with Crippen molar-refractivity contribution in [1.29, 1.82) is 0 Å². The van der Waals surface area contributed by atoms with Gasteiger partial charge in [-0.1, -0.05) is 19.1 Å². The van der Waals surface area contributed by atoms with Gasteiger partial charge in [-0.3, -0.25) is 13.9 Å². The Kier molecular flexibility index (Phi) is 8.57. The average molecular weight is 534 g/mol. The number of rotatable bonds is 10. The number of hydrogen-bond acceptors (Lipinski definition) is 7. The third-order valence-electron chi connectivity index (χ3n) is 5.72. The number of fused-ring (bicyclic) bond motifs is 1. The molecule has 0 bridgehead atoms. The first-order chi connectivity index (χ1) is 17.3. The Labute approximate surface area is 218 Å². The molecule has 37 heavy (non-hydrogen) atoms. The number of nitrogens with zero attached hydrogens (tertiary/aromatic N) is 2. The molecular formula is C26H35N3O7S. The molecule has 0 radical (unpaired) electrons. The first kappa shape index (κ1) is 28.1. The molecule has 1 heterocycles. The summed E-state index contributed by atoms with van der Waals surface area (Å²) < 4.78 is 42.5. The SMILES string of the molecule is CCC(C(=O)NC(C)(C)C)N(Cc1ccc(OC)cc1)C(=O)CN(c1ccc2c(c1)OCO2)S(C)(=O)=O. The fourth-order valence-electron chi connectivity index (χ4n) is 3.95. The first-order valence-corrected chi connectivity index (χ1v) is 13.8. The van der Waals surface area contributed by atoms with Crippen LogP contribution < -0.4 is 23.8 Å². The van der Waals surface area contributed by atoms with E-state index in [0.29, 0.717) is 23.7 Å². The summed E-state index contributed by atoms with van der Waals surface area (Å²) in [5, 5.41) is 2.94. The zero-order valence-corrected chi connectivity index (χ0v) is 22.9. The van der Waals surface area contributed by atoms with Gasteiger partial charge in [-0.25, -0.2) is 8.42 Å². The highest BCUT2D eigenvalue weighted by atomic mass is 32.2. The van der Waals surface area contributed by atoms with Gasteiger partial charge >= 0.3 is 0 Å². The Bertz CT molecular complexity index is 1220. The lowest BCUT2D eigenvalue weighted by atomic mass is 10.1. The summed E-state index contributed by atoms with van der Waals surface area (Å²) >= 11 is 0. The standard InChI is InChI=1S/C26H35N3O7S/c1-7-21(25(31)27-26(2,3)4)28(15-18-8-11-20(34-5)12-9-18)24(30)16-29(37(6,32)33)19-10-13-22-23(14-19)36-17-35-22/h8-14,21H,7,15-17H2,1-6H3,(H,27,31). The number of hydrogen-bond donors (Lipinski definition) is 1. The number of carbonyl (C=O) groups is 2. The Morgan fingerprint density at radius 3 is 2.30 bits per heavy atom. The summed E-state index contributed by atoms with van der Waals surface area (Å²) in [7, 11) is -2.29. The predicted octanol–water partition coefficient (Wildman–Crippen LogP) is 2.91. The minimum Gasteiger partial charge on any atom is -0.497 e. The molecular weight excluding hydrogens is 498 g/mol. The minimum atomic E-state index is -3.85. The van der Waals surface area contributed by atoms with Crippen molar-refractivity contribution in [3.8, 4) is 17.2 Å². The van der Waals surface area contributed by atoms with Gasteiger partial charge in [0.2, 0.25) is 28.6 Å². The maximum Gasteiger partial charge on any atom is 0.244 e. The average Bonchev–Trinajstić information content (AvgIpc) is 3.28. The molecule has 10 nitrogen and oxygen atoms in total. The number of amides is 2. The highest BCUT2D eigenvalue weighted by Crippen LogP contribution is 2.36. The van der Waals surface area contributed by atoms with Gasteiger partial charge in [0, 0.05) is 18.2 Å². The molecule has 0 fully saturated rings. The van der Waals surface area contributed by atoms with Gasteiger partial charge in [-0.2, -0.15) is 0 Å². The molecule has 1 unspecified atom stereocenters. The molecule has 0 saturated heterocycles. The van der Waals surface area contributed by atoms with Crippen LogP contribution in [0.5, 0.6) is 17.2 Å². The number of anilines is 1. The van der Waals surface area contributed by atoms with Crippen LogP contribution >= 0.6 is 0 Å². The first-order valence-electron chi connectivity index (χ1n) is 11.9.